The molecule has 4 heteroatoms. The van der Waals surface area contributed by atoms with E-state index in [1.54, 1.807) is 11.8 Å². The fourth-order valence-electron chi connectivity index (χ4n) is 2.76. The molecule has 0 N–H and O–H groups in total. The number of aryl methyl sites for hydroxylation is 1. The van der Waals surface area contributed by atoms with E-state index in [-0.39, 0.29) is 0 Å². The first-order valence-corrected chi connectivity index (χ1v) is 11.0. The molecule has 0 aliphatic carbocycles. The molecule has 1 unspecified atom stereocenters. The Hall–Kier alpha value is -2.17. The molecule has 0 radical (unpaired) electrons. The molecule has 0 fully saturated rings. The summed E-state index contributed by atoms with van der Waals surface area (Å²) in [5, 5.41) is 1.44. The van der Waals surface area contributed by atoms with E-state index in [4.69, 9.17) is 4.99 Å². The van der Waals surface area contributed by atoms with E-state index in [9.17, 15) is 0 Å². The van der Waals surface area contributed by atoms with Crippen molar-refractivity contribution in [2.45, 2.75) is 18.6 Å². The maximum Gasteiger partial charge on any atom is 0.168 e. The Kier molecular flexibility index (Phi) is 7.24. The van der Waals surface area contributed by atoms with Crippen LogP contribution in [0.2, 0.25) is 0 Å². The standard InChI is InChI=1S/C24H26N2S2/c1-5-21(28-24(26(3)4)25-20-9-7-6-8-10-20)17-22-15-16-23(27-22)19-13-11-18(2)12-14-19/h5-15,17,23H,1,16H2,2-4H3/b21-17-,25-24?. The van der Waals surface area contributed by atoms with Crippen LogP contribution in [0.1, 0.15) is 22.8 Å². The van der Waals surface area contributed by atoms with Crippen molar-refractivity contribution in [3.8, 4) is 0 Å². The highest BCUT2D eigenvalue weighted by Crippen LogP contribution is 2.45. The lowest BCUT2D eigenvalue weighted by molar-refractivity contribution is 0.637. The number of amidine groups is 1. The van der Waals surface area contributed by atoms with Crippen LogP contribution in [0.25, 0.3) is 0 Å². The van der Waals surface area contributed by atoms with E-state index in [1.807, 2.05) is 67.2 Å². The van der Waals surface area contributed by atoms with Crippen molar-refractivity contribution in [2.24, 2.45) is 4.99 Å². The Morgan fingerprint density at radius 2 is 1.86 bits per heavy atom. The van der Waals surface area contributed by atoms with Crippen LogP contribution in [0.5, 0.6) is 0 Å². The average molecular weight is 407 g/mol. The molecule has 144 valence electrons. The Morgan fingerprint density at radius 3 is 2.50 bits per heavy atom. The number of allylic oxidation sites excluding steroid dienone is 3. The third-order valence-electron chi connectivity index (χ3n) is 4.32. The van der Waals surface area contributed by atoms with Crippen LogP contribution in [0.3, 0.4) is 0 Å². The Morgan fingerprint density at radius 1 is 1.14 bits per heavy atom. The van der Waals surface area contributed by atoms with Gasteiger partial charge in [-0.25, -0.2) is 4.99 Å². The van der Waals surface area contributed by atoms with Crippen molar-refractivity contribution in [1.29, 1.82) is 0 Å². The molecule has 28 heavy (non-hydrogen) atoms. The Labute approximate surface area is 177 Å². The van der Waals surface area contributed by atoms with Crippen molar-refractivity contribution in [3.05, 3.63) is 100 Å². The quantitative estimate of drug-likeness (QED) is 0.299. The minimum atomic E-state index is 0.495. The summed E-state index contributed by atoms with van der Waals surface area (Å²) in [4.78, 5) is 9.22. The molecule has 0 spiro atoms. The summed E-state index contributed by atoms with van der Waals surface area (Å²) < 4.78 is 0. The van der Waals surface area contributed by atoms with Crippen LogP contribution in [0.4, 0.5) is 5.69 Å². The molecule has 1 aliphatic heterocycles. The summed E-state index contributed by atoms with van der Waals surface area (Å²) in [6.45, 7) is 6.14. The minimum Gasteiger partial charge on any atom is -0.357 e. The number of hydrogen-bond donors (Lipinski definition) is 0. The second-order valence-electron chi connectivity index (χ2n) is 6.84. The van der Waals surface area contributed by atoms with Crippen molar-refractivity contribution in [2.75, 3.05) is 14.1 Å². The maximum absolute atomic E-state index is 4.78. The number of benzene rings is 2. The van der Waals surface area contributed by atoms with E-state index in [2.05, 4.69) is 49.9 Å². The van der Waals surface area contributed by atoms with Crippen molar-refractivity contribution in [3.63, 3.8) is 0 Å². The van der Waals surface area contributed by atoms with Gasteiger partial charge in [-0.2, -0.15) is 0 Å². The number of nitrogens with zero attached hydrogens (tertiary/aromatic N) is 2. The number of para-hydroxylation sites is 1. The fourth-order valence-corrected chi connectivity index (χ4v) is 4.85. The molecule has 2 aromatic rings. The molecule has 2 nitrogen and oxygen atoms in total. The van der Waals surface area contributed by atoms with Crippen LogP contribution >= 0.6 is 23.5 Å². The highest BCUT2D eigenvalue weighted by Gasteiger charge is 2.19. The highest BCUT2D eigenvalue weighted by molar-refractivity contribution is 8.17. The molecule has 0 aromatic heterocycles. The fraction of sp³-hybridized carbons (Fsp3) is 0.208. The van der Waals surface area contributed by atoms with E-state index >= 15 is 0 Å². The first-order chi connectivity index (χ1) is 13.5. The summed E-state index contributed by atoms with van der Waals surface area (Å²) in [6, 6.07) is 18.9. The zero-order chi connectivity index (χ0) is 19.9. The predicted molar refractivity (Wildman–Crippen MR) is 127 cm³/mol. The predicted octanol–water partition coefficient (Wildman–Crippen LogP) is 7.11. The minimum absolute atomic E-state index is 0.495. The molecule has 0 saturated heterocycles. The lowest BCUT2D eigenvalue weighted by Gasteiger charge is -2.16. The van der Waals surface area contributed by atoms with Crippen molar-refractivity contribution >= 4 is 34.4 Å². The monoisotopic (exact) mass is 406 g/mol. The molecular formula is C24H26N2S2. The number of rotatable bonds is 5. The third kappa shape index (κ3) is 5.66. The summed E-state index contributed by atoms with van der Waals surface area (Å²) in [7, 11) is 4.04. The van der Waals surface area contributed by atoms with Gasteiger partial charge in [0.15, 0.2) is 5.17 Å². The topological polar surface area (TPSA) is 15.6 Å². The summed E-state index contributed by atoms with van der Waals surface area (Å²) in [5.41, 5.74) is 3.65. The highest BCUT2D eigenvalue weighted by atomic mass is 32.2. The van der Waals surface area contributed by atoms with E-state index < -0.39 is 0 Å². The van der Waals surface area contributed by atoms with Crippen LogP contribution in [-0.4, -0.2) is 24.2 Å². The van der Waals surface area contributed by atoms with E-state index in [0.29, 0.717) is 5.25 Å². The molecule has 3 rings (SSSR count). The van der Waals surface area contributed by atoms with Gasteiger partial charge < -0.3 is 4.90 Å². The normalized spacial score (nSPS) is 17.4. The Balaban J connectivity index is 1.72. The molecule has 2 aromatic carbocycles. The summed E-state index contributed by atoms with van der Waals surface area (Å²) in [6.07, 6.45) is 7.52. The van der Waals surface area contributed by atoms with Crippen LogP contribution in [0.15, 0.2) is 94.2 Å². The first-order valence-electron chi connectivity index (χ1n) is 9.31. The van der Waals surface area contributed by atoms with Gasteiger partial charge in [-0.3, -0.25) is 0 Å². The van der Waals surface area contributed by atoms with Gasteiger partial charge in [-0.15, -0.1) is 11.8 Å². The van der Waals surface area contributed by atoms with Crippen molar-refractivity contribution < 1.29 is 0 Å². The molecule has 1 heterocycles. The van der Waals surface area contributed by atoms with Crippen LogP contribution in [-0.2, 0) is 0 Å². The number of hydrogen-bond acceptors (Lipinski definition) is 3. The summed E-state index contributed by atoms with van der Waals surface area (Å²) >= 11 is 3.57. The van der Waals surface area contributed by atoms with Gasteiger partial charge in [0.25, 0.3) is 0 Å². The van der Waals surface area contributed by atoms with Gasteiger partial charge in [-0.05, 0) is 37.1 Å². The van der Waals surface area contributed by atoms with E-state index in [0.717, 1.165) is 22.2 Å². The van der Waals surface area contributed by atoms with Crippen LogP contribution in [0, 0.1) is 6.92 Å². The molecule has 0 amide bonds. The zero-order valence-corrected chi connectivity index (χ0v) is 18.3. The second kappa shape index (κ2) is 9.85. The SMILES string of the molecule is C=C/C(=C/C1=CCC(c2ccc(C)cc2)S1)SC(=Nc1ccccc1)N(C)C. The molecule has 0 saturated carbocycles. The maximum atomic E-state index is 4.78. The van der Waals surface area contributed by atoms with Gasteiger partial charge in [0.05, 0.1) is 5.69 Å². The zero-order valence-electron chi connectivity index (χ0n) is 16.6. The van der Waals surface area contributed by atoms with Gasteiger partial charge >= 0.3 is 0 Å². The molecule has 1 atom stereocenters. The van der Waals surface area contributed by atoms with Gasteiger partial charge in [0, 0.05) is 29.2 Å². The molecule has 1 aliphatic rings. The Bertz CT molecular complexity index is 894. The van der Waals surface area contributed by atoms with Gasteiger partial charge in [-0.1, -0.05) is 78.5 Å². The largest absolute Gasteiger partial charge is 0.357 e. The molecule has 0 bridgehead atoms. The third-order valence-corrected chi connectivity index (χ3v) is 6.78. The van der Waals surface area contributed by atoms with Gasteiger partial charge in [0.2, 0.25) is 0 Å². The summed E-state index contributed by atoms with van der Waals surface area (Å²) in [5.74, 6) is 0. The second-order valence-corrected chi connectivity index (χ2v) is 9.15. The lowest BCUT2D eigenvalue weighted by Crippen LogP contribution is -2.18. The van der Waals surface area contributed by atoms with Crippen molar-refractivity contribution in [1.82, 2.24) is 4.90 Å². The lowest BCUT2D eigenvalue weighted by atomic mass is 10.1. The van der Waals surface area contributed by atoms with Gasteiger partial charge in [0.1, 0.15) is 0 Å². The number of thioether (sulfide) groups is 2. The average Bonchev–Trinajstić information content (AvgIpc) is 3.16. The van der Waals surface area contributed by atoms with Crippen LogP contribution < -0.4 is 0 Å². The smallest absolute Gasteiger partial charge is 0.168 e. The number of aliphatic imine (C=N–C) groups is 1. The van der Waals surface area contributed by atoms with E-state index in [1.165, 1.54) is 16.0 Å². The first kappa shape index (κ1) is 20.6. The molecular weight excluding hydrogens is 380 g/mol.